The molecule has 160 valence electrons. The minimum Gasteiger partial charge on any atom is -0.469 e. The zero-order valence-electron chi connectivity index (χ0n) is 17.7. The highest BCUT2D eigenvalue weighted by Gasteiger charge is 2.30. The van der Waals surface area contributed by atoms with Gasteiger partial charge < -0.3 is 20.7 Å². The summed E-state index contributed by atoms with van der Waals surface area (Å²) in [7, 11) is 1.35. The number of rotatable bonds is 10. The highest BCUT2D eigenvalue weighted by molar-refractivity contribution is 6.10. The second kappa shape index (κ2) is 11.1. The number of amides is 2. The second-order valence-corrected chi connectivity index (χ2v) is 7.01. The monoisotopic (exact) mass is 411 g/mol. The molecule has 0 bridgehead atoms. The molecule has 0 atom stereocenters. The van der Waals surface area contributed by atoms with E-state index in [0.29, 0.717) is 29.8 Å². The average Bonchev–Trinajstić information content (AvgIpc) is 2.77. The van der Waals surface area contributed by atoms with Gasteiger partial charge in [-0.2, -0.15) is 0 Å². The van der Waals surface area contributed by atoms with Crippen LogP contribution in [0.2, 0.25) is 0 Å². The maximum Gasteiger partial charge on any atom is 0.307 e. The first kappa shape index (κ1) is 23.1. The van der Waals surface area contributed by atoms with E-state index in [4.69, 9.17) is 4.74 Å². The van der Waals surface area contributed by atoms with Crippen molar-refractivity contribution in [2.45, 2.75) is 38.6 Å². The molecule has 3 N–H and O–H groups in total. The summed E-state index contributed by atoms with van der Waals surface area (Å²) in [4.78, 5) is 37.0. The van der Waals surface area contributed by atoms with Crippen LogP contribution in [0.4, 0.5) is 11.4 Å². The Morgan fingerprint density at radius 3 is 2.17 bits per heavy atom. The van der Waals surface area contributed by atoms with Crippen LogP contribution in [0.3, 0.4) is 0 Å². The maximum atomic E-state index is 12.7. The molecule has 0 aliphatic rings. The maximum absolute atomic E-state index is 12.7. The van der Waals surface area contributed by atoms with E-state index < -0.39 is 5.54 Å². The molecule has 0 unspecified atom stereocenters. The van der Waals surface area contributed by atoms with E-state index in [0.717, 1.165) is 0 Å². The van der Waals surface area contributed by atoms with Crippen molar-refractivity contribution in [2.75, 3.05) is 24.3 Å². The Morgan fingerprint density at radius 1 is 0.900 bits per heavy atom. The summed E-state index contributed by atoms with van der Waals surface area (Å²) < 4.78 is 4.78. The van der Waals surface area contributed by atoms with Crippen molar-refractivity contribution < 1.29 is 19.1 Å². The number of para-hydroxylation sites is 2. The summed E-state index contributed by atoms with van der Waals surface area (Å²) in [5, 5.41) is 8.80. The SMILES string of the molecule is CCC(CC)(CC(=O)OC)NCC(=O)Nc1ccccc1C(=O)Nc1ccccc1. The van der Waals surface area contributed by atoms with Gasteiger partial charge in [-0.05, 0) is 37.1 Å². The first-order valence-corrected chi connectivity index (χ1v) is 10.00. The number of hydrogen-bond donors (Lipinski definition) is 3. The molecule has 2 aromatic rings. The Balaban J connectivity index is 2.04. The van der Waals surface area contributed by atoms with Crippen LogP contribution in [0.15, 0.2) is 54.6 Å². The summed E-state index contributed by atoms with van der Waals surface area (Å²) in [6.45, 7) is 3.93. The van der Waals surface area contributed by atoms with Crippen LogP contribution in [0.5, 0.6) is 0 Å². The minimum atomic E-state index is -0.519. The van der Waals surface area contributed by atoms with Crippen molar-refractivity contribution >= 4 is 29.2 Å². The molecule has 0 fully saturated rings. The Bertz CT molecular complexity index is 864. The zero-order valence-corrected chi connectivity index (χ0v) is 17.7. The standard InChI is InChI=1S/C23H29N3O4/c1-4-23(5-2,15-21(28)30-3)24-16-20(27)26-19-14-10-9-13-18(19)22(29)25-17-11-7-6-8-12-17/h6-14,24H,4-5,15-16H2,1-3H3,(H,25,29)(H,26,27). The number of hydrogen-bond acceptors (Lipinski definition) is 5. The molecule has 2 rings (SSSR count). The largest absolute Gasteiger partial charge is 0.469 e. The van der Waals surface area contributed by atoms with E-state index >= 15 is 0 Å². The van der Waals surface area contributed by atoms with Gasteiger partial charge in [-0.3, -0.25) is 14.4 Å². The van der Waals surface area contributed by atoms with Crippen LogP contribution < -0.4 is 16.0 Å². The van der Waals surface area contributed by atoms with Crippen molar-refractivity contribution in [1.82, 2.24) is 5.32 Å². The fourth-order valence-electron chi connectivity index (χ4n) is 3.13. The Morgan fingerprint density at radius 2 is 1.53 bits per heavy atom. The zero-order chi connectivity index (χ0) is 22.0. The summed E-state index contributed by atoms with van der Waals surface area (Å²) in [6, 6.07) is 15.9. The molecule has 0 saturated carbocycles. The molecule has 7 heteroatoms. The summed E-state index contributed by atoms with van der Waals surface area (Å²) in [6.07, 6.45) is 1.52. The lowest BCUT2D eigenvalue weighted by molar-refractivity contribution is -0.142. The number of carbonyl (C=O) groups excluding carboxylic acids is 3. The summed E-state index contributed by atoms with van der Waals surface area (Å²) in [5.74, 6) is -0.937. The first-order chi connectivity index (χ1) is 14.4. The van der Waals surface area contributed by atoms with Crippen LogP contribution in [-0.2, 0) is 14.3 Å². The third-order valence-electron chi connectivity index (χ3n) is 5.17. The van der Waals surface area contributed by atoms with Crippen LogP contribution in [-0.4, -0.2) is 37.0 Å². The molecule has 0 aliphatic carbocycles. The predicted octanol–water partition coefficient (Wildman–Crippen LogP) is 3.59. The average molecular weight is 412 g/mol. The molecule has 2 amide bonds. The van der Waals surface area contributed by atoms with E-state index in [1.165, 1.54) is 7.11 Å². The van der Waals surface area contributed by atoms with Crippen LogP contribution in [0.25, 0.3) is 0 Å². The number of methoxy groups -OCH3 is 1. The quantitative estimate of drug-likeness (QED) is 0.519. The number of anilines is 2. The Kier molecular flexibility index (Phi) is 8.55. The van der Waals surface area contributed by atoms with Crippen molar-refractivity contribution in [3.05, 3.63) is 60.2 Å². The van der Waals surface area contributed by atoms with Crippen molar-refractivity contribution in [3.63, 3.8) is 0 Å². The van der Waals surface area contributed by atoms with Crippen LogP contribution in [0, 0.1) is 0 Å². The number of benzene rings is 2. The van der Waals surface area contributed by atoms with Crippen LogP contribution in [0.1, 0.15) is 43.5 Å². The van der Waals surface area contributed by atoms with Gasteiger partial charge in [0.2, 0.25) is 5.91 Å². The first-order valence-electron chi connectivity index (χ1n) is 10.00. The molecule has 30 heavy (non-hydrogen) atoms. The van der Waals surface area contributed by atoms with E-state index in [2.05, 4.69) is 16.0 Å². The van der Waals surface area contributed by atoms with Gasteiger partial charge in [0.15, 0.2) is 0 Å². The Hall–Kier alpha value is -3.19. The van der Waals surface area contributed by atoms with Gasteiger partial charge in [-0.1, -0.05) is 44.2 Å². The molecule has 0 saturated heterocycles. The van der Waals surface area contributed by atoms with Crippen molar-refractivity contribution in [3.8, 4) is 0 Å². The molecule has 0 aromatic heterocycles. The third kappa shape index (κ3) is 6.42. The summed E-state index contributed by atoms with van der Waals surface area (Å²) in [5.41, 5.74) is 0.934. The van der Waals surface area contributed by atoms with Gasteiger partial charge in [0.25, 0.3) is 5.91 Å². The van der Waals surface area contributed by atoms with Crippen LogP contribution >= 0.6 is 0 Å². The highest BCUT2D eigenvalue weighted by atomic mass is 16.5. The lowest BCUT2D eigenvalue weighted by Gasteiger charge is -2.31. The molecule has 2 aromatic carbocycles. The van der Waals surface area contributed by atoms with Crippen molar-refractivity contribution in [1.29, 1.82) is 0 Å². The Labute approximate surface area is 177 Å². The molecule has 7 nitrogen and oxygen atoms in total. The minimum absolute atomic E-state index is 0.00725. The second-order valence-electron chi connectivity index (χ2n) is 7.01. The molecule has 0 heterocycles. The summed E-state index contributed by atoms with van der Waals surface area (Å²) >= 11 is 0. The van der Waals surface area contributed by atoms with Gasteiger partial charge in [0.1, 0.15) is 0 Å². The van der Waals surface area contributed by atoms with Gasteiger partial charge >= 0.3 is 5.97 Å². The van der Waals surface area contributed by atoms with Gasteiger partial charge in [-0.25, -0.2) is 0 Å². The fraction of sp³-hybridized carbons (Fsp3) is 0.348. The normalized spacial score (nSPS) is 10.9. The topological polar surface area (TPSA) is 96.5 Å². The molecular weight excluding hydrogens is 382 g/mol. The number of carbonyl (C=O) groups is 3. The number of esters is 1. The molecule has 0 aliphatic heterocycles. The third-order valence-corrected chi connectivity index (χ3v) is 5.17. The van der Waals surface area contributed by atoms with E-state index in [9.17, 15) is 14.4 Å². The number of nitrogens with one attached hydrogen (secondary N) is 3. The van der Waals surface area contributed by atoms with Gasteiger partial charge in [-0.15, -0.1) is 0 Å². The molecule has 0 radical (unpaired) electrons. The molecular formula is C23H29N3O4. The van der Waals surface area contributed by atoms with E-state index in [-0.39, 0.29) is 30.7 Å². The fourth-order valence-corrected chi connectivity index (χ4v) is 3.13. The predicted molar refractivity (Wildman–Crippen MR) is 117 cm³/mol. The van der Waals surface area contributed by atoms with E-state index in [1.54, 1.807) is 36.4 Å². The van der Waals surface area contributed by atoms with Gasteiger partial charge in [0.05, 0.1) is 31.3 Å². The lowest BCUT2D eigenvalue weighted by Crippen LogP contribution is -2.49. The van der Waals surface area contributed by atoms with Gasteiger partial charge in [0, 0.05) is 11.2 Å². The van der Waals surface area contributed by atoms with Crippen molar-refractivity contribution in [2.24, 2.45) is 0 Å². The lowest BCUT2D eigenvalue weighted by atomic mass is 9.89. The van der Waals surface area contributed by atoms with E-state index in [1.807, 2.05) is 32.0 Å². The highest BCUT2D eigenvalue weighted by Crippen LogP contribution is 2.21. The molecule has 0 spiro atoms. The smallest absolute Gasteiger partial charge is 0.307 e. The number of ether oxygens (including phenoxy) is 1.